The van der Waals surface area contributed by atoms with Crippen molar-refractivity contribution in [2.45, 2.75) is 18.9 Å². The van der Waals surface area contributed by atoms with Gasteiger partial charge in [-0.3, -0.25) is 9.59 Å². The molecule has 0 bridgehead atoms. The van der Waals surface area contributed by atoms with Gasteiger partial charge in [-0.1, -0.05) is 35.9 Å². The molecule has 1 aliphatic rings. The maximum absolute atomic E-state index is 12.5. The summed E-state index contributed by atoms with van der Waals surface area (Å²) in [5.74, 6) is -1.77. The fourth-order valence-corrected chi connectivity index (χ4v) is 2.88. The van der Waals surface area contributed by atoms with Crippen molar-refractivity contribution in [3.63, 3.8) is 0 Å². The summed E-state index contributed by atoms with van der Waals surface area (Å²) in [5.41, 5.74) is 0.848. The van der Waals surface area contributed by atoms with E-state index in [1.807, 2.05) is 19.1 Å². The maximum Gasteiger partial charge on any atom is 0.320 e. The molecule has 0 unspecified atom stereocenters. The van der Waals surface area contributed by atoms with E-state index in [-0.39, 0.29) is 0 Å². The average Bonchev–Trinajstić information content (AvgIpc) is 2.81. The predicted molar refractivity (Wildman–Crippen MR) is 92.3 cm³/mol. The highest BCUT2D eigenvalue weighted by Gasteiger charge is 2.49. The van der Waals surface area contributed by atoms with E-state index in [0.717, 1.165) is 5.56 Å². The first-order chi connectivity index (χ1) is 11.9. The Hall–Kier alpha value is -3.35. The van der Waals surface area contributed by atoms with E-state index in [1.165, 1.54) is 0 Å². The highest BCUT2D eigenvalue weighted by atomic mass is 16.4. The number of hydrogen-bond donors (Lipinski definition) is 4. The molecule has 0 fully saturated rings. The number of fused-ring (bicyclic) bond motifs is 1. The van der Waals surface area contributed by atoms with Gasteiger partial charge in [0.25, 0.3) is 5.91 Å². The Labute approximate surface area is 144 Å². The fraction of sp³-hybridized carbons (Fsp3) is 0.167. The summed E-state index contributed by atoms with van der Waals surface area (Å²) in [6.45, 7) is 1.92. The van der Waals surface area contributed by atoms with Crippen molar-refractivity contribution in [3.8, 4) is 0 Å². The molecule has 3 amide bonds. The molecule has 0 saturated heterocycles. The molecule has 0 spiro atoms. The van der Waals surface area contributed by atoms with Crippen LogP contribution < -0.4 is 16.0 Å². The van der Waals surface area contributed by atoms with Crippen LogP contribution in [0.15, 0.2) is 48.5 Å². The summed E-state index contributed by atoms with van der Waals surface area (Å²) < 4.78 is 0. The average molecular weight is 339 g/mol. The zero-order valence-electron chi connectivity index (χ0n) is 13.5. The lowest BCUT2D eigenvalue weighted by Gasteiger charge is -2.27. The standard InChI is InChI=1S/C18H17N3O4/c1-11-6-8-12(9-7-11)19-17(25)21-18(10-15(22)23)13-4-2-3-5-14(13)20-16(18)24/h2-9H,10H2,1H3,(H,20,24)(H,22,23)(H2,19,21,25)/t18-/m0/s1. The third-order valence-corrected chi connectivity index (χ3v) is 4.08. The van der Waals surface area contributed by atoms with Crippen LogP contribution in [0.3, 0.4) is 0 Å². The van der Waals surface area contributed by atoms with E-state index in [2.05, 4.69) is 16.0 Å². The second-order valence-electron chi connectivity index (χ2n) is 5.92. The molecule has 128 valence electrons. The number of carbonyl (C=O) groups excluding carboxylic acids is 2. The number of anilines is 2. The first-order valence-corrected chi connectivity index (χ1v) is 7.69. The van der Waals surface area contributed by atoms with Crippen LogP contribution in [0.4, 0.5) is 16.2 Å². The Balaban J connectivity index is 1.89. The molecule has 4 N–H and O–H groups in total. The molecule has 2 aromatic rings. The summed E-state index contributed by atoms with van der Waals surface area (Å²) in [7, 11) is 0. The van der Waals surface area contributed by atoms with Crippen LogP contribution in [0.2, 0.25) is 0 Å². The number of hydrogen-bond acceptors (Lipinski definition) is 3. The minimum Gasteiger partial charge on any atom is -0.481 e. The smallest absolute Gasteiger partial charge is 0.320 e. The Morgan fingerprint density at radius 1 is 1.12 bits per heavy atom. The molecule has 1 atom stereocenters. The van der Waals surface area contributed by atoms with Gasteiger partial charge in [-0.2, -0.15) is 0 Å². The number of amides is 3. The molecule has 25 heavy (non-hydrogen) atoms. The van der Waals surface area contributed by atoms with Gasteiger partial charge in [0, 0.05) is 16.9 Å². The number of benzene rings is 2. The fourth-order valence-electron chi connectivity index (χ4n) is 2.88. The van der Waals surface area contributed by atoms with Crippen molar-refractivity contribution < 1.29 is 19.5 Å². The number of carbonyl (C=O) groups is 3. The van der Waals surface area contributed by atoms with Gasteiger partial charge in [-0.15, -0.1) is 0 Å². The third-order valence-electron chi connectivity index (χ3n) is 4.08. The van der Waals surface area contributed by atoms with Crippen LogP contribution in [-0.2, 0) is 15.1 Å². The molecule has 7 nitrogen and oxygen atoms in total. The maximum atomic E-state index is 12.5. The first-order valence-electron chi connectivity index (χ1n) is 7.69. The number of aliphatic carboxylic acids is 1. The van der Waals surface area contributed by atoms with Crippen molar-refractivity contribution in [3.05, 3.63) is 59.7 Å². The number of carboxylic acids is 1. The largest absolute Gasteiger partial charge is 0.481 e. The number of nitrogens with one attached hydrogen (secondary N) is 3. The van der Waals surface area contributed by atoms with E-state index in [4.69, 9.17) is 0 Å². The topological polar surface area (TPSA) is 108 Å². The second-order valence-corrected chi connectivity index (χ2v) is 5.92. The third kappa shape index (κ3) is 3.16. The second kappa shape index (κ2) is 6.27. The molecule has 0 aliphatic carbocycles. The van der Waals surface area contributed by atoms with Crippen molar-refractivity contribution in [2.24, 2.45) is 0 Å². The van der Waals surface area contributed by atoms with Crippen LogP contribution in [0.5, 0.6) is 0 Å². The molecule has 0 saturated carbocycles. The molecule has 3 rings (SSSR count). The molecule has 1 heterocycles. The Bertz CT molecular complexity index is 848. The van der Waals surface area contributed by atoms with E-state index < -0.39 is 29.9 Å². The van der Waals surface area contributed by atoms with Crippen LogP contribution in [0, 0.1) is 6.92 Å². The monoisotopic (exact) mass is 339 g/mol. The van der Waals surface area contributed by atoms with Gasteiger partial charge in [-0.05, 0) is 25.1 Å². The van der Waals surface area contributed by atoms with Crippen LogP contribution >= 0.6 is 0 Å². The number of carboxylic acid groups (broad SMARTS) is 1. The zero-order chi connectivity index (χ0) is 18.0. The lowest BCUT2D eigenvalue weighted by atomic mass is 9.88. The normalized spacial score (nSPS) is 18.2. The molecule has 7 heteroatoms. The van der Waals surface area contributed by atoms with Crippen LogP contribution in [0.25, 0.3) is 0 Å². The Morgan fingerprint density at radius 2 is 1.80 bits per heavy atom. The molecular formula is C18H17N3O4. The summed E-state index contributed by atoms with van der Waals surface area (Å²) in [5, 5.41) is 17.1. The lowest BCUT2D eigenvalue weighted by Crippen LogP contribution is -2.53. The molecule has 0 aromatic heterocycles. The quantitative estimate of drug-likeness (QED) is 0.686. The van der Waals surface area contributed by atoms with E-state index in [9.17, 15) is 19.5 Å². The lowest BCUT2D eigenvalue weighted by molar-refractivity contribution is -0.141. The van der Waals surface area contributed by atoms with Gasteiger partial charge in [0.05, 0.1) is 6.42 Å². The molecule has 2 aromatic carbocycles. The number of para-hydroxylation sites is 1. The Kier molecular flexibility index (Phi) is 4.14. The van der Waals surface area contributed by atoms with E-state index in [0.29, 0.717) is 16.9 Å². The SMILES string of the molecule is Cc1ccc(NC(=O)N[C@]2(CC(=O)O)C(=O)Nc3ccccc32)cc1. The Morgan fingerprint density at radius 3 is 2.48 bits per heavy atom. The minimum absolute atomic E-state index is 0.432. The van der Waals surface area contributed by atoms with Gasteiger partial charge in [0.15, 0.2) is 5.54 Å². The summed E-state index contributed by atoms with van der Waals surface area (Å²) in [6, 6.07) is 13.2. The van der Waals surface area contributed by atoms with Crippen molar-refractivity contribution >= 4 is 29.3 Å². The predicted octanol–water partition coefficient (Wildman–Crippen LogP) is 2.44. The molecule has 0 radical (unpaired) electrons. The highest BCUT2D eigenvalue weighted by Crippen LogP contribution is 2.38. The molecular weight excluding hydrogens is 322 g/mol. The number of urea groups is 1. The summed E-state index contributed by atoms with van der Waals surface area (Å²) >= 11 is 0. The van der Waals surface area contributed by atoms with Gasteiger partial charge in [0.1, 0.15) is 0 Å². The van der Waals surface area contributed by atoms with Crippen molar-refractivity contribution in [2.75, 3.05) is 10.6 Å². The number of rotatable bonds is 4. The zero-order valence-corrected chi connectivity index (χ0v) is 13.5. The first kappa shape index (κ1) is 16.5. The van der Waals surface area contributed by atoms with Gasteiger partial charge < -0.3 is 21.1 Å². The van der Waals surface area contributed by atoms with Crippen LogP contribution in [-0.4, -0.2) is 23.0 Å². The van der Waals surface area contributed by atoms with Gasteiger partial charge >= 0.3 is 12.0 Å². The summed E-state index contributed by atoms with van der Waals surface area (Å²) in [6.07, 6.45) is -0.558. The van der Waals surface area contributed by atoms with E-state index >= 15 is 0 Å². The van der Waals surface area contributed by atoms with Crippen molar-refractivity contribution in [1.82, 2.24) is 5.32 Å². The highest BCUT2D eigenvalue weighted by molar-refractivity contribution is 6.10. The molecule has 1 aliphatic heterocycles. The minimum atomic E-state index is -1.66. The summed E-state index contributed by atoms with van der Waals surface area (Å²) in [4.78, 5) is 36.2. The van der Waals surface area contributed by atoms with Crippen molar-refractivity contribution in [1.29, 1.82) is 0 Å². The van der Waals surface area contributed by atoms with Gasteiger partial charge in [0.2, 0.25) is 0 Å². The number of aryl methyl sites for hydroxylation is 1. The van der Waals surface area contributed by atoms with Crippen LogP contribution in [0.1, 0.15) is 17.5 Å². The van der Waals surface area contributed by atoms with Gasteiger partial charge in [-0.25, -0.2) is 4.79 Å². The van der Waals surface area contributed by atoms with E-state index in [1.54, 1.807) is 36.4 Å².